The van der Waals surface area contributed by atoms with Crippen LogP contribution in [0.2, 0.25) is 0 Å². The van der Waals surface area contributed by atoms with Crippen LogP contribution < -0.4 is 5.73 Å². The highest BCUT2D eigenvalue weighted by Gasteiger charge is 2.27. The minimum Gasteiger partial charge on any atom is -0.336 e. The number of carbonyl (C=O) groups is 1. The molecule has 3 nitrogen and oxygen atoms in total. The number of hydrogen-bond acceptors (Lipinski definition) is 3. The number of hydrogen-bond donors (Lipinski definition) is 1. The molecule has 1 aliphatic rings. The first kappa shape index (κ1) is 15.3. The molecule has 1 fully saturated rings. The van der Waals surface area contributed by atoms with Gasteiger partial charge < -0.3 is 10.6 Å². The van der Waals surface area contributed by atoms with E-state index in [1.54, 1.807) is 23.9 Å². The lowest BCUT2D eigenvalue weighted by molar-refractivity contribution is 0.0619. The molecule has 1 saturated heterocycles. The van der Waals surface area contributed by atoms with Gasteiger partial charge in [0.05, 0.1) is 0 Å². The van der Waals surface area contributed by atoms with E-state index in [4.69, 9.17) is 5.73 Å². The maximum atomic E-state index is 13.6. The van der Waals surface area contributed by atoms with Crippen molar-refractivity contribution in [3.05, 3.63) is 35.1 Å². The summed E-state index contributed by atoms with van der Waals surface area (Å²) in [5, 5.41) is 0. The zero-order valence-corrected chi connectivity index (χ0v) is 12.8. The van der Waals surface area contributed by atoms with Crippen LogP contribution in [-0.2, 0) is 5.75 Å². The van der Waals surface area contributed by atoms with E-state index in [0.29, 0.717) is 23.4 Å². The summed E-state index contributed by atoms with van der Waals surface area (Å²) in [7, 11) is 0. The molecule has 5 heteroatoms. The van der Waals surface area contributed by atoms with Gasteiger partial charge in [-0.05, 0) is 49.8 Å². The minimum atomic E-state index is -0.246. The SMILES string of the molecule is CSCc1cc(C(=O)N2CC[C@H](N)C[C@@H]2C)ccc1F. The molecule has 0 unspecified atom stereocenters. The molecular formula is C15H21FN2OS. The summed E-state index contributed by atoms with van der Waals surface area (Å²) in [4.78, 5) is 14.4. The lowest BCUT2D eigenvalue weighted by Crippen LogP contribution is -2.48. The molecule has 0 aliphatic carbocycles. The molecule has 1 heterocycles. The first-order chi connectivity index (χ1) is 9.52. The zero-order chi connectivity index (χ0) is 14.7. The summed E-state index contributed by atoms with van der Waals surface area (Å²) >= 11 is 1.54. The molecule has 0 radical (unpaired) electrons. The lowest BCUT2D eigenvalue weighted by Gasteiger charge is -2.36. The van der Waals surface area contributed by atoms with E-state index in [9.17, 15) is 9.18 Å². The molecule has 1 aromatic carbocycles. The maximum absolute atomic E-state index is 13.6. The van der Waals surface area contributed by atoms with Gasteiger partial charge in [0.15, 0.2) is 0 Å². The Morgan fingerprint density at radius 3 is 2.95 bits per heavy atom. The molecule has 1 aromatic rings. The van der Waals surface area contributed by atoms with Gasteiger partial charge in [-0.15, -0.1) is 0 Å². The topological polar surface area (TPSA) is 46.3 Å². The summed E-state index contributed by atoms with van der Waals surface area (Å²) < 4.78 is 13.6. The summed E-state index contributed by atoms with van der Waals surface area (Å²) in [6, 6.07) is 4.95. The van der Waals surface area contributed by atoms with Crippen molar-refractivity contribution in [3.63, 3.8) is 0 Å². The predicted molar refractivity (Wildman–Crippen MR) is 81.3 cm³/mol. The Hall–Kier alpha value is -1.07. The number of nitrogens with zero attached hydrogens (tertiary/aromatic N) is 1. The Kier molecular flexibility index (Phi) is 5.05. The summed E-state index contributed by atoms with van der Waals surface area (Å²) in [5.74, 6) is 0.310. The van der Waals surface area contributed by atoms with Crippen molar-refractivity contribution in [2.75, 3.05) is 12.8 Å². The summed E-state index contributed by atoms with van der Waals surface area (Å²) in [6.45, 7) is 2.69. The fraction of sp³-hybridized carbons (Fsp3) is 0.533. The molecule has 2 N–H and O–H groups in total. The molecule has 1 aliphatic heterocycles. The molecule has 0 saturated carbocycles. The number of rotatable bonds is 3. The van der Waals surface area contributed by atoms with Gasteiger partial charge in [-0.2, -0.15) is 11.8 Å². The van der Waals surface area contributed by atoms with Gasteiger partial charge in [-0.25, -0.2) is 4.39 Å². The molecule has 2 atom stereocenters. The van der Waals surface area contributed by atoms with Crippen molar-refractivity contribution >= 4 is 17.7 Å². The molecule has 0 bridgehead atoms. The van der Waals surface area contributed by atoms with Gasteiger partial charge in [0.25, 0.3) is 5.91 Å². The van der Waals surface area contributed by atoms with Gasteiger partial charge in [0, 0.05) is 29.9 Å². The first-order valence-corrected chi connectivity index (χ1v) is 8.26. The van der Waals surface area contributed by atoms with Crippen LogP contribution >= 0.6 is 11.8 Å². The second kappa shape index (κ2) is 6.59. The quantitative estimate of drug-likeness (QED) is 0.932. The third-order valence-electron chi connectivity index (χ3n) is 3.77. The second-order valence-corrected chi connectivity index (χ2v) is 6.24. The number of amides is 1. The van der Waals surface area contributed by atoms with Crippen molar-refractivity contribution < 1.29 is 9.18 Å². The molecule has 110 valence electrons. The fourth-order valence-electron chi connectivity index (χ4n) is 2.65. The average Bonchev–Trinajstić information content (AvgIpc) is 2.41. The normalized spacial score (nSPS) is 22.9. The van der Waals surface area contributed by atoms with E-state index >= 15 is 0 Å². The highest BCUT2D eigenvalue weighted by Crippen LogP contribution is 2.21. The highest BCUT2D eigenvalue weighted by molar-refractivity contribution is 7.97. The number of halogens is 1. The van der Waals surface area contributed by atoms with Gasteiger partial charge in [0.2, 0.25) is 0 Å². The predicted octanol–water partition coefficient (Wildman–Crippen LogP) is 2.64. The molecule has 20 heavy (non-hydrogen) atoms. The Labute approximate surface area is 123 Å². The van der Waals surface area contributed by atoms with Crippen molar-refractivity contribution in [3.8, 4) is 0 Å². The smallest absolute Gasteiger partial charge is 0.254 e. The Morgan fingerprint density at radius 1 is 1.55 bits per heavy atom. The lowest BCUT2D eigenvalue weighted by atomic mass is 9.98. The van der Waals surface area contributed by atoms with Gasteiger partial charge in [0.1, 0.15) is 5.82 Å². The average molecular weight is 296 g/mol. The van der Waals surface area contributed by atoms with Crippen molar-refractivity contribution in [2.45, 2.75) is 37.6 Å². The Balaban J connectivity index is 2.18. The van der Waals surface area contributed by atoms with Gasteiger partial charge >= 0.3 is 0 Å². The maximum Gasteiger partial charge on any atom is 0.254 e. The number of carbonyl (C=O) groups excluding carboxylic acids is 1. The Morgan fingerprint density at radius 2 is 2.30 bits per heavy atom. The third-order valence-corrected chi connectivity index (χ3v) is 4.37. The van der Waals surface area contributed by atoms with Crippen LogP contribution in [0.1, 0.15) is 35.7 Å². The highest BCUT2D eigenvalue weighted by atomic mass is 32.2. The van der Waals surface area contributed by atoms with Crippen molar-refractivity contribution in [1.82, 2.24) is 4.90 Å². The molecular weight excluding hydrogens is 275 g/mol. The first-order valence-electron chi connectivity index (χ1n) is 6.87. The van der Waals surface area contributed by atoms with Crippen molar-refractivity contribution in [2.24, 2.45) is 5.73 Å². The molecule has 2 rings (SSSR count). The third kappa shape index (κ3) is 3.33. The second-order valence-electron chi connectivity index (χ2n) is 5.37. The summed E-state index contributed by atoms with van der Waals surface area (Å²) in [6.07, 6.45) is 3.57. The van der Waals surface area contributed by atoms with Gasteiger partial charge in [-0.1, -0.05) is 0 Å². The van der Waals surface area contributed by atoms with Gasteiger partial charge in [-0.3, -0.25) is 4.79 Å². The van der Waals surface area contributed by atoms with E-state index in [2.05, 4.69) is 0 Å². The van der Waals surface area contributed by atoms with Crippen LogP contribution in [0.25, 0.3) is 0 Å². The number of nitrogens with two attached hydrogens (primary N) is 1. The van der Waals surface area contributed by atoms with Crippen LogP contribution in [0, 0.1) is 5.82 Å². The van der Waals surface area contributed by atoms with Crippen LogP contribution in [0.3, 0.4) is 0 Å². The van der Waals surface area contributed by atoms with E-state index in [-0.39, 0.29) is 23.8 Å². The van der Waals surface area contributed by atoms with Crippen LogP contribution in [0.5, 0.6) is 0 Å². The van der Waals surface area contributed by atoms with E-state index in [1.807, 2.05) is 18.1 Å². The van der Waals surface area contributed by atoms with Crippen LogP contribution in [0.4, 0.5) is 4.39 Å². The Bertz CT molecular complexity index is 495. The van der Waals surface area contributed by atoms with E-state index < -0.39 is 0 Å². The van der Waals surface area contributed by atoms with Crippen LogP contribution in [0.15, 0.2) is 18.2 Å². The van der Waals surface area contributed by atoms with Crippen molar-refractivity contribution in [1.29, 1.82) is 0 Å². The summed E-state index contributed by atoms with van der Waals surface area (Å²) in [5.41, 5.74) is 7.07. The zero-order valence-electron chi connectivity index (χ0n) is 11.9. The number of piperidine rings is 1. The van der Waals surface area contributed by atoms with Crippen LogP contribution in [-0.4, -0.2) is 35.7 Å². The molecule has 1 amide bonds. The fourth-order valence-corrected chi connectivity index (χ4v) is 3.18. The molecule has 0 spiro atoms. The number of likely N-dealkylation sites (tertiary alicyclic amines) is 1. The standard InChI is InChI=1S/C15H21FN2OS/c1-10-7-13(17)5-6-18(10)15(19)11-3-4-14(16)12(8-11)9-20-2/h3-4,8,10,13H,5-7,9,17H2,1-2H3/t10-,13-/m0/s1. The van der Waals surface area contributed by atoms with E-state index in [0.717, 1.165) is 12.8 Å². The largest absolute Gasteiger partial charge is 0.336 e. The molecule has 0 aromatic heterocycles. The monoisotopic (exact) mass is 296 g/mol. The van der Waals surface area contributed by atoms with E-state index in [1.165, 1.54) is 6.07 Å². The number of benzene rings is 1. The number of thioether (sulfide) groups is 1. The minimum absolute atomic E-state index is 0.0215.